The van der Waals surface area contributed by atoms with Crippen molar-refractivity contribution in [3.05, 3.63) is 35.4 Å². The summed E-state index contributed by atoms with van der Waals surface area (Å²) in [5.41, 5.74) is 9.11. The Balaban J connectivity index is 1.54. The van der Waals surface area contributed by atoms with Crippen molar-refractivity contribution >= 4 is 0 Å². The number of hydrogen-bond acceptors (Lipinski definition) is 2. The molecule has 1 saturated carbocycles. The van der Waals surface area contributed by atoms with Gasteiger partial charge in [0.2, 0.25) is 0 Å². The number of nitrogens with two attached hydrogens (primary N) is 1. The lowest BCUT2D eigenvalue weighted by Crippen LogP contribution is -2.47. The number of nitrogens with zero attached hydrogens (tertiary/aromatic N) is 1. The van der Waals surface area contributed by atoms with Gasteiger partial charge in [-0.3, -0.25) is 4.90 Å². The fraction of sp³-hybridized carbons (Fsp3) is 0.571. The molecule has 1 aromatic rings. The molecule has 0 unspecified atom stereocenters. The predicted molar refractivity (Wildman–Crippen MR) is 66.1 cm³/mol. The van der Waals surface area contributed by atoms with Gasteiger partial charge in [0.1, 0.15) is 0 Å². The summed E-state index contributed by atoms with van der Waals surface area (Å²) < 4.78 is 0. The summed E-state index contributed by atoms with van der Waals surface area (Å²) in [5, 5.41) is 0. The summed E-state index contributed by atoms with van der Waals surface area (Å²) in [4.78, 5) is 2.56. The molecule has 0 atom stereocenters. The molecule has 2 N–H and O–H groups in total. The van der Waals surface area contributed by atoms with Crippen LogP contribution in [0, 0.1) is 5.41 Å². The van der Waals surface area contributed by atoms with Gasteiger partial charge in [-0.05, 0) is 42.3 Å². The monoisotopic (exact) mass is 216 g/mol. The fourth-order valence-corrected chi connectivity index (χ4v) is 2.74. The quantitative estimate of drug-likeness (QED) is 0.831. The van der Waals surface area contributed by atoms with E-state index in [9.17, 15) is 0 Å². The van der Waals surface area contributed by atoms with Crippen molar-refractivity contribution in [1.82, 2.24) is 4.90 Å². The lowest BCUT2D eigenvalue weighted by molar-refractivity contribution is 0.0739. The highest BCUT2D eigenvalue weighted by Gasteiger charge is 2.51. The van der Waals surface area contributed by atoms with Gasteiger partial charge in [-0.25, -0.2) is 0 Å². The van der Waals surface area contributed by atoms with Gasteiger partial charge in [0.05, 0.1) is 0 Å². The smallest absolute Gasteiger partial charge is 0.0234 e. The highest BCUT2D eigenvalue weighted by molar-refractivity contribution is 5.23. The minimum atomic E-state index is 0.744. The summed E-state index contributed by atoms with van der Waals surface area (Å²) in [5.74, 6) is 0. The van der Waals surface area contributed by atoms with Crippen molar-refractivity contribution in [2.75, 3.05) is 19.6 Å². The van der Waals surface area contributed by atoms with Crippen LogP contribution in [0.25, 0.3) is 0 Å². The second-order valence-electron chi connectivity index (χ2n) is 5.50. The van der Waals surface area contributed by atoms with E-state index in [2.05, 4.69) is 29.2 Å². The first-order valence-corrected chi connectivity index (χ1v) is 6.30. The van der Waals surface area contributed by atoms with Gasteiger partial charge in [0, 0.05) is 19.6 Å². The topological polar surface area (TPSA) is 29.3 Å². The highest BCUT2D eigenvalue weighted by Crippen LogP contribution is 2.53. The molecule has 16 heavy (non-hydrogen) atoms. The molecule has 86 valence electrons. The molecule has 0 amide bonds. The van der Waals surface area contributed by atoms with Crippen molar-refractivity contribution in [3.63, 3.8) is 0 Å². The Morgan fingerprint density at radius 2 is 1.69 bits per heavy atom. The number of rotatable bonds is 4. The van der Waals surface area contributed by atoms with Crippen LogP contribution in [0.1, 0.15) is 24.0 Å². The molecule has 3 rings (SSSR count). The number of hydrogen-bond donors (Lipinski definition) is 1. The van der Waals surface area contributed by atoms with Gasteiger partial charge >= 0.3 is 0 Å². The maximum atomic E-state index is 5.54. The van der Waals surface area contributed by atoms with Crippen LogP contribution in [0.2, 0.25) is 0 Å². The third kappa shape index (κ3) is 2.00. The van der Waals surface area contributed by atoms with Crippen LogP contribution in [0.15, 0.2) is 24.3 Å². The second kappa shape index (κ2) is 3.86. The predicted octanol–water partition coefficient (Wildman–Crippen LogP) is 1.78. The first kappa shape index (κ1) is 10.3. The van der Waals surface area contributed by atoms with E-state index in [1.165, 1.54) is 37.1 Å². The molecule has 0 bridgehead atoms. The molecular formula is C14H20N2. The molecule has 1 heterocycles. The zero-order valence-corrected chi connectivity index (χ0v) is 9.78. The van der Waals surface area contributed by atoms with E-state index in [1.807, 2.05) is 0 Å². The number of benzene rings is 1. The molecule has 1 aliphatic heterocycles. The summed E-state index contributed by atoms with van der Waals surface area (Å²) in [6.45, 7) is 4.54. The average Bonchev–Trinajstić information content (AvgIpc) is 3.01. The third-order valence-corrected chi connectivity index (χ3v) is 3.94. The van der Waals surface area contributed by atoms with Gasteiger partial charge in [-0.15, -0.1) is 0 Å². The van der Waals surface area contributed by atoms with E-state index >= 15 is 0 Å². The van der Waals surface area contributed by atoms with Crippen LogP contribution >= 0.6 is 0 Å². The second-order valence-corrected chi connectivity index (χ2v) is 5.50. The van der Waals surface area contributed by atoms with Gasteiger partial charge in [0.15, 0.2) is 0 Å². The summed E-state index contributed by atoms with van der Waals surface area (Å²) in [6.07, 6.45) is 3.94. The van der Waals surface area contributed by atoms with E-state index < -0.39 is 0 Å². The molecule has 1 saturated heterocycles. The summed E-state index contributed by atoms with van der Waals surface area (Å²) >= 11 is 0. The molecule has 1 aromatic carbocycles. The largest absolute Gasteiger partial charge is 0.330 e. The van der Waals surface area contributed by atoms with Crippen LogP contribution in [0.4, 0.5) is 0 Å². The molecule has 2 heteroatoms. The zero-order valence-electron chi connectivity index (χ0n) is 9.78. The van der Waals surface area contributed by atoms with Gasteiger partial charge in [-0.1, -0.05) is 24.3 Å². The maximum Gasteiger partial charge on any atom is 0.0234 e. The molecule has 0 radical (unpaired) electrons. The molecule has 1 aliphatic carbocycles. The van der Waals surface area contributed by atoms with Crippen molar-refractivity contribution in [2.45, 2.75) is 25.8 Å². The Hall–Kier alpha value is -0.860. The lowest BCUT2D eigenvalue weighted by Gasteiger charge is -2.40. The van der Waals surface area contributed by atoms with Gasteiger partial charge in [-0.2, -0.15) is 0 Å². The Labute approximate surface area is 97.4 Å². The molecule has 0 aromatic heterocycles. The standard InChI is InChI=1S/C14H20N2/c15-8-5-12-1-3-13(4-2-12)9-16-10-14(11-16)6-7-14/h1-4H,5-11,15H2. The van der Waals surface area contributed by atoms with E-state index in [0.29, 0.717) is 0 Å². The van der Waals surface area contributed by atoms with Crippen LogP contribution < -0.4 is 5.73 Å². The van der Waals surface area contributed by atoms with Gasteiger partial charge < -0.3 is 5.73 Å². The zero-order chi connectivity index (χ0) is 11.0. The third-order valence-electron chi connectivity index (χ3n) is 3.94. The normalized spacial score (nSPS) is 22.1. The van der Waals surface area contributed by atoms with E-state index in [0.717, 1.165) is 24.9 Å². The van der Waals surface area contributed by atoms with E-state index in [-0.39, 0.29) is 0 Å². The minimum Gasteiger partial charge on any atom is -0.330 e. The highest BCUT2D eigenvalue weighted by atomic mass is 15.2. The van der Waals surface area contributed by atoms with E-state index in [4.69, 9.17) is 5.73 Å². The number of likely N-dealkylation sites (tertiary alicyclic amines) is 1. The van der Waals surface area contributed by atoms with Gasteiger partial charge in [0.25, 0.3) is 0 Å². The first-order valence-electron chi connectivity index (χ1n) is 6.30. The van der Waals surface area contributed by atoms with Crippen molar-refractivity contribution in [2.24, 2.45) is 11.1 Å². The van der Waals surface area contributed by atoms with E-state index in [1.54, 1.807) is 0 Å². The Morgan fingerprint density at radius 1 is 1.06 bits per heavy atom. The van der Waals surface area contributed by atoms with Crippen molar-refractivity contribution < 1.29 is 0 Å². The average molecular weight is 216 g/mol. The molecule has 1 spiro atoms. The van der Waals surface area contributed by atoms with Crippen LogP contribution in [-0.2, 0) is 13.0 Å². The lowest BCUT2D eigenvalue weighted by atomic mass is 9.96. The van der Waals surface area contributed by atoms with Crippen molar-refractivity contribution in [3.8, 4) is 0 Å². The fourth-order valence-electron chi connectivity index (χ4n) is 2.74. The Morgan fingerprint density at radius 3 is 2.25 bits per heavy atom. The van der Waals surface area contributed by atoms with Crippen LogP contribution in [-0.4, -0.2) is 24.5 Å². The maximum absolute atomic E-state index is 5.54. The SMILES string of the molecule is NCCc1ccc(CN2CC3(CC3)C2)cc1. The summed E-state index contributed by atoms with van der Waals surface area (Å²) in [7, 11) is 0. The van der Waals surface area contributed by atoms with Crippen LogP contribution in [0.3, 0.4) is 0 Å². The summed E-state index contributed by atoms with van der Waals surface area (Å²) in [6, 6.07) is 8.94. The first-order chi connectivity index (χ1) is 7.80. The minimum absolute atomic E-state index is 0.744. The van der Waals surface area contributed by atoms with Crippen LogP contribution in [0.5, 0.6) is 0 Å². The molecule has 2 aliphatic rings. The Bertz CT molecular complexity index is 357. The molecule has 2 nitrogen and oxygen atoms in total. The molecular weight excluding hydrogens is 196 g/mol. The van der Waals surface area contributed by atoms with Crippen molar-refractivity contribution in [1.29, 1.82) is 0 Å². The Kier molecular flexibility index (Phi) is 2.49. The molecule has 2 fully saturated rings.